The summed E-state index contributed by atoms with van der Waals surface area (Å²) in [6.45, 7) is 10.6. The van der Waals surface area contributed by atoms with Crippen LogP contribution in [0.1, 0.15) is 55.0 Å². The van der Waals surface area contributed by atoms with Crippen molar-refractivity contribution in [1.82, 2.24) is 29.8 Å². The number of carbonyl (C=O) groups is 2. The normalized spacial score (nSPS) is 17.6. The van der Waals surface area contributed by atoms with Crippen LogP contribution in [0.3, 0.4) is 0 Å². The Hall–Kier alpha value is -4.89. The fraction of sp³-hybridized carbons (Fsp3) is 0.429. The molecule has 56 heavy (non-hydrogen) atoms. The van der Waals surface area contributed by atoms with Crippen molar-refractivity contribution >= 4 is 33.5 Å². The molecule has 1 fully saturated rings. The Morgan fingerprint density at radius 2 is 1.64 bits per heavy atom. The van der Waals surface area contributed by atoms with E-state index in [0.717, 1.165) is 33.5 Å². The number of phenols is 1. The van der Waals surface area contributed by atoms with Gasteiger partial charge in [-0.25, -0.2) is 18.4 Å². The summed E-state index contributed by atoms with van der Waals surface area (Å²) in [4.78, 5) is 40.3. The second kappa shape index (κ2) is 17.1. The van der Waals surface area contributed by atoms with Gasteiger partial charge < -0.3 is 25.7 Å². The number of hydrogen-bond acceptors (Lipinski definition) is 10. The van der Waals surface area contributed by atoms with Crippen LogP contribution in [-0.4, -0.2) is 100 Å². The number of carbonyl (C=O) groups excluding carboxylic acids is 2. The van der Waals surface area contributed by atoms with Gasteiger partial charge in [0.1, 0.15) is 11.8 Å². The quantitative estimate of drug-likeness (QED) is 0.156. The Labute approximate surface area is 329 Å². The number of nitrogens with one attached hydrogen (secondary N) is 2. The van der Waals surface area contributed by atoms with E-state index < -0.39 is 33.6 Å². The summed E-state index contributed by atoms with van der Waals surface area (Å²) in [7, 11) is -3.98. The number of anilines is 2. The number of nitrogens with zero attached hydrogens (tertiary/aromatic N) is 5. The van der Waals surface area contributed by atoms with Crippen LogP contribution in [-0.2, 0) is 39.0 Å². The second-order valence-corrected chi connectivity index (χ2v) is 17.8. The molecule has 2 aliphatic heterocycles. The Kier molecular flexibility index (Phi) is 12.4. The SMILES string of the molecule is Cc1cc(O)cc(C)c1CNC(=O)[C@H](Cc1ccccc1)C[C@H](O)CN1CCN(S(=O)(=O)c2ccc3c(c2)CCN3c2ncccn2)C[C@H]1C(=O)NC(C)(C)C. The number of benzene rings is 3. The van der Waals surface area contributed by atoms with Crippen molar-refractivity contribution in [2.75, 3.05) is 37.6 Å². The van der Waals surface area contributed by atoms with Gasteiger partial charge in [-0.1, -0.05) is 30.3 Å². The number of aryl methyl sites for hydroxylation is 2. The smallest absolute Gasteiger partial charge is 0.243 e. The van der Waals surface area contributed by atoms with Crippen LogP contribution in [0, 0.1) is 19.8 Å². The fourth-order valence-electron chi connectivity index (χ4n) is 7.68. The van der Waals surface area contributed by atoms with E-state index in [-0.39, 0.29) is 61.6 Å². The third-order valence-electron chi connectivity index (χ3n) is 10.5. The standard InChI is InChI=1S/C42H53N7O6S/c1-28-20-33(50)21-29(2)36(28)25-45-39(52)32(22-30-10-7-6-8-11-30)23-34(51)26-47-18-19-48(27-38(47)40(53)46-42(3,4)5)56(54,55)35-12-13-37-31(24-35)14-17-49(37)41-43-15-9-16-44-41/h6-13,15-16,20-21,24,32,34,38,50-51H,14,17-19,22-23,25-27H2,1-5H3,(H,45,52)(H,46,53)/t32-,34+,38+/m1/s1. The van der Waals surface area contributed by atoms with Crippen LogP contribution < -0.4 is 15.5 Å². The molecule has 13 nitrogen and oxygen atoms in total. The number of aliphatic hydroxyl groups excluding tert-OH is 1. The number of aromatic hydroxyl groups is 1. The lowest BCUT2D eigenvalue weighted by molar-refractivity contribution is -0.131. The molecule has 1 aromatic heterocycles. The van der Waals surface area contributed by atoms with Crippen molar-refractivity contribution in [3.05, 3.63) is 107 Å². The summed E-state index contributed by atoms with van der Waals surface area (Å²) in [6, 6.07) is 18.9. The lowest BCUT2D eigenvalue weighted by Crippen LogP contribution is -2.62. The molecular formula is C42H53N7O6S. The van der Waals surface area contributed by atoms with E-state index in [1.165, 1.54) is 4.31 Å². The Bertz CT molecular complexity index is 2110. The van der Waals surface area contributed by atoms with Crippen LogP contribution in [0.15, 0.2) is 84.0 Å². The number of amides is 2. The first-order valence-electron chi connectivity index (χ1n) is 19.1. The summed E-state index contributed by atoms with van der Waals surface area (Å²) in [5, 5.41) is 27.7. The van der Waals surface area contributed by atoms with E-state index in [1.54, 1.807) is 48.8 Å². The summed E-state index contributed by atoms with van der Waals surface area (Å²) >= 11 is 0. The molecule has 0 bridgehead atoms. The molecule has 6 rings (SSSR count). The third kappa shape index (κ3) is 9.73. The second-order valence-electron chi connectivity index (χ2n) is 15.9. The molecule has 0 spiro atoms. The molecule has 0 aliphatic carbocycles. The van der Waals surface area contributed by atoms with E-state index in [4.69, 9.17) is 0 Å². The third-order valence-corrected chi connectivity index (χ3v) is 12.3. The summed E-state index contributed by atoms with van der Waals surface area (Å²) in [5.41, 5.74) is 4.76. The van der Waals surface area contributed by atoms with Crippen LogP contribution in [0.25, 0.3) is 0 Å². The molecule has 298 valence electrons. The highest BCUT2D eigenvalue weighted by Gasteiger charge is 2.40. The van der Waals surface area contributed by atoms with Crippen molar-refractivity contribution < 1.29 is 28.2 Å². The van der Waals surface area contributed by atoms with Crippen LogP contribution in [0.2, 0.25) is 0 Å². The van der Waals surface area contributed by atoms with E-state index in [2.05, 4.69) is 20.6 Å². The molecule has 4 N–H and O–H groups in total. The number of aliphatic hydroxyl groups is 1. The van der Waals surface area contributed by atoms with Crippen molar-refractivity contribution in [2.24, 2.45) is 5.92 Å². The van der Waals surface area contributed by atoms with Crippen molar-refractivity contribution in [3.63, 3.8) is 0 Å². The molecule has 3 aromatic carbocycles. The van der Waals surface area contributed by atoms with E-state index in [1.807, 2.05) is 74.8 Å². The minimum Gasteiger partial charge on any atom is -0.508 e. The average Bonchev–Trinajstić information content (AvgIpc) is 3.58. The zero-order valence-corrected chi connectivity index (χ0v) is 33.6. The first-order chi connectivity index (χ1) is 26.6. The van der Waals surface area contributed by atoms with Crippen molar-refractivity contribution in [2.45, 2.75) is 83.0 Å². The van der Waals surface area contributed by atoms with Gasteiger partial charge in [0, 0.05) is 68.8 Å². The van der Waals surface area contributed by atoms with E-state index in [9.17, 15) is 28.2 Å². The van der Waals surface area contributed by atoms with Gasteiger partial charge in [0.05, 0.1) is 11.0 Å². The van der Waals surface area contributed by atoms with Crippen LogP contribution in [0.4, 0.5) is 11.6 Å². The van der Waals surface area contributed by atoms with Gasteiger partial charge >= 0.3 is 0 Å². The zero-order valence-electron chi connectivity index (χ0n) is 32.8. The Balaban J connectivity index is 1.17. The predicted octanol–water partition coefficient (Wildman–Crippen LogP) is 4.01. The summed E-state index contributed by atoms with van der Waals surface area (Å²) in [6.07, 6.45) is 3.51. The van der Waals surface area contributed by atoms with E-state index >= 15 is 0 Å². The molecule has 0 radical (unpaired) electrons. The average molecular weight is 784 g/mol. The zero-order chi connectivity index (χ0) is 40.2. The lowest BCUT2D eigenvalue weighted by Gasteiger charge is -2.41. The minimum absolute atomic E-state index is 0.0705. The number of phenolic OH excluding ortho intramolecular Hbond substituents is 1. The predicted molar refractivity (Wildman–Crippen MR) is 215 cm³/mol. The Morgan fingerprint density at radius 1 is 0.946 bits per heavy atom. The summed E-state index contributed by atoms with van der Waals surface area (Å²) in [5.74, 6) is -0.415. The van der Waals surface area contributed by atoms with Gasteiger partial charge in [-0.05, 0) is 118 Å². The molecule has 2 amide bonds. The minimum atomic E-state index is -3.98. The first-order valence-corrected chi connectivity index (χ1v) is 20.6. The molecule has 4 aromatic rings. The highest BCUT2D eigenvalue weighted by molar-refractivity contribution is 7.89. The summed E-state index contributed by atoms with van der Waals surface area (Å²) < 4.78 is 29.7. The maximum Gasteiger partial charge on any atom is 0.243 e. The lowest BCUT2D eigenvalue weighted by atomic mass is 9.92. The number of sulfonamides is 1. The van der Waals surface area contributed by atoms with Gasteiger partial charge in [-0.3, -0.25) is 14.5 Å². The Morgan fingerprint density at radius 3 is 2.32 bits per heavy atom. The number of β-amino-alcohol motifs (C(OH)–C–C–N with tert-alkyl or cyclic N) is 1. The molecular weight excluding hydrogens is 731 g/mol. The highest BCUT2D eigenvalue weighted by atomic mass is 32.2. The van der Waals surface area contributed by atoms with E-state index in [0.29, 0.717) is 25.3 Å². The molecule has 2 aliphatic rings. The van der Waals surface area contributed by atoms with Gasteiger partial charge in [-0.2, -0.15) is 4.31 Å². The van der Waals surface area contributed by atoms with Gasteiger partial charge in [0.15, 0.2) is 0 Å². The maximum atomic E-state index is 14.2. The topological polar surface area (TPSA) is 168 Å². The van der Waals surface area contributed by atoms with Crippen LogP contribution >= 0.6 is 0 Å². The number of fused-ring (bicyclic) bond motifs is 1. The largest absolute Gasteiger partial charge is 0.508 e. The van der Waals surface area contributed by atoms with Gasteiger partial charge in [-0.15, -0.1) is 0 Å². The molecule has 3 heterocycles. The number of aromatic nitrogens is 2. The highest BCUT2D eigenvalue weighted by Crippen LogP contribution is 2.35. The van der Waals surface area contributed by atoms with Crippen molar-refractivity contribution in [1.29, 1.82) is 0 Å². The van der Waals surface area contributed by atoms with Crippen LogP contribution in [0.5, 0.6) is 5.75 Å². The van der Waals surface area contributed by atoms with Crippen molar-refractivity contribution in [3.8, 4) is 5.75 Å². The van der Waals surface area contributed by atoms with Gasteiger partial charge in [0.2, 0.25) is 27.8 Å². The number of hydrogen-bond donors (Lipinski definition) is 4. The molecule has 0 saturated carbocycles. The molecule has 3 atom stereocenters. The molecule has 14 heteroatoms. The molecule has 0 unspecified atom stereocenters. The molecule has 1 saturated heterocycles. The van der Waals surface area contributed by atoms with Gasteiger partial charge in [0.25, 0.3) is 0 Å². The number of piperazine rings is 1. The monoisotopic (exact) mass is 783 g/mol. The number of rotatable bonds is 13. The fourth-order valence-corrected chi connectivity index (χ4v) is 9.17. The first kappa shape index (κ1) is 40.8. The maximum absolute atomic E-state index is 14.2.